The van der Waals surface area contributed by atoms with Gasteiger partial charge in [0.1, 0.15) is 0 Å². The van der Waals surface area contributed by atoms with Crippen LogP contribution in [0.1, 0.15) is 18.9 Å². The van der Waals surface area contributed by atoms with Crippen LogP contribution in [-0.4, -0.2) is 25.0 Å². The highest BCUT2D eigenvalue weighted by atomic mass is 35.5. The van der Waals surface area contributed by atoms with E-state index >= 15 is 0 Å². The third kappa shape index (κ3) is 2.35. The Morgan fingerprint density at radius 1 is 1.44 bits per heavy atom. The second kappa shape index (κ2) is 5.47. The number of nitrogens with one attached hydrogen (secondary N) is 1. The summed E-state index contributed by atoms with van der Waals surface area (Å²) >= 11 is 12.4. The smallest absolute Gasteiger partial charge is 0.244 e. The first kappa shape index (κ1) is 13.7. The second-order valence-electron chi connectivity index (χ2n) is 4.42. The van der Waals surface area contributed by atoms with Crippen molar-refractivity contribution >= 4 is 34.8 Å². The van der Waals surface area contributed by atoms with Crippen LogP contribution in [-0.2, 0) is 4.79 Å². The number of amides is 1. The quantitative estimate of drug-likeness (QED) is 0.926. The summed E-state index contributed by atoms with van der Waals surface area (Å²) in [6.45, 7) is 5.33. The zero-order chi connectivity index (χ0) is 13.3. The van der Waals surface area contributed by atoms with Gasteiger partial charge in [-0.25, -0.2) is 0 Å². The van der Waals surface area contributed by atoms with Gasteiger partial charge in [0, 0.05) is 6.54 Å². The molecule has 0 saturated carbocycles. The molecule has 1 aliphatic rings. The van der Waals surface area contributed by atoms with Gasteiger partial charge in [-0.3, -0.25) is 4.79 Å². The summed E-state index contributed by atoms with van der Waals surface area (Å²) in [5.74, 6) is 0.0475. The molecule has 0 bridgehead atoms. The molecule has 1 unspecified atom stereocenters. The van der Waals surface area contributed by atoms with E-state index in [0.717, 1.165) is 18.5 Å². The number of aryl methyl sites for hydroxylation is 1. The predicted octanol–water partition coefficient (Wildman–Crippen LogP) is 3.02. The van der Waals surface area contributed by atoms with Crippen molar-refractivity contribution in [2.24, 2.45) is 0 Å². The first-order valence-corrected chi connectivity index (χ1v) is 6.81. The summed E-state index contributed by atoms with van der Waals surface area (Å²) < 4.78 is 0. The van der Waals surface area contributed by atoms with Crippen molar-refractivity contribution in [1.29, 1.82) is 0 Å². The van der Waals surface area contributed by atoms with Gasteiger partial charge in [-0.2, -0.15) is 0 Å². The van der Waals surface area contributed by atoms with Gasteiger partial charge in [0.2, 0.25) is 5.91 Å². The van der Waals surface area contributed by atoms with Crippen LogP contribution in [0.25, 0.3) is 0 Å². The van der Waals surface area contributed by atoms with Gasteiger partial charge >= 0.3 is 0 Å². The first-order valence-electron chi connectivity index (χ1n) is 6.05. The van der Waals surface area contributed by atoms with E-state index < -0.39 is 0 Å². The van der Waals surface area contributed by atoms with Crippen molar-refractivity contribution in [2.75, 3.05) is 18.0 Å². The number of hydrogen-bond acceptors (Lipinski definition) is 2. The van der Waals surface area contributed by atoms with Crippen molar-refractivity contribution in [3.05, 3.63) is 27.7 Å². The molecule has 1 fully saturated rings. The Balaban J connectivity index is 2.34. The molecule has 1 N–H and O–H groups in total. The van der Waals surface area contributed by atoms with E-state index in [-0.39, 0.29) is 11.9 Å². The summed E-state index contributed by atoms with van der Waals surface area (Å²) in [6, 6.07) is 3.52. The summed E-state index contributed by atoms with van der Waals surface area (Å²) in [5, 5.41) is 4.26. The lowest BCUT2D eigenvalue weighted by molar-refractivity contribution is -0.118. The van der Waals surface area contributed by atoms with Gasteiger partial charge in [-0.1, -0.05) is 36.2 Å². The van der Waals surface area contributed by atoms with Crippen LogP contribution in [0.4, 0.5) is 5.69 Å². The molecule has 5 heteroatoms. The fraction of sp³-hybridized carbons (Fsp3) is 0.462. The first-order chi connectivity index (χ1) is 8.56. The topological polar surface area (TPSA) is 32.3 Å². The molecule has 98 valence electrons. The number of nitrogens with zero attached hydrogens (tertiary/aromatic N) is 1. The molecule has 3 nitrogen and oxygen atoms in total. The molecule has 18 heavy (non-hydrogen) atoms. The molecule has 1 saturated heterocycles. The SMILES string of the molecule is CCNC1CCN(c2c(Cl)ccc(C)c2Cl)C1=O. The van der Waals surface area contributed by atoms with E-state index in [0.29, 0.717) is 22.3 Å². The van der Waals surface area contributed by atoms with Crippen LogP contribution in [0.5, 0.6) is 0 Å². The Labute approximate surface area is 117 Å². The third-order valence-corrected chi connectivity index (χ3v) is 3.97. The third-order valence-electron chi connectivity index (χ3n) is 3.19. The fourth-order valence-electron chi connectivity index (χ4n) is 2.23. The Morgan fingerprint density at radius 3 is 2.83 bits per heavy atom. The van der Waals surface area contributed by atoms with Crippen LogP contribution in [0.3, 0.4) is 0 Å². The van der Waals surface area contributed by atoms with Gasteiger partial charge in [0.25, 0.3) is 0 Å². The highest BCUT2D eigenvalue weighted by Gasteiger charge is 2.34. The number of hydrogen-bond donors (Lipinski definition) is 1. The average Bonchev–Trinajstić information content (AvgIpc) is 2.68. The van der Waals surface area contributed by atoms with Crippen molar-refractivity contribution < 1.29 is 4.79 Å². The minimum Gasteiger partial charge on any atom is -0.308 e. The largest absolute Gasteiger partial charge is 0.308 e. The van der Waals surface area contributed by atoms with Crippen LogP contribution < -0.4 is 10.2 Å². The Morgan fingerprint density at radius 2 is 2.17 bits per heavy atom. The maximum atomic E-state index is 12.3. The van der Waals surface area contributed by atoms with E-state index in [4.69, 9.17) is 23.2 Å². The maximum absolute atomic E-state index is 12.3. The zero-order valence-corrected chi connectivity index (χ0v) is 12.0. The van der Waals surface area contributed by atoms with Crippen molar-refractivity contribution in [3.8, 4) is 0 Å². The van der Waals surface area contributed by atoms with Crippen LogP contribution in [0.15, 0.2) is 12.1 Å². The summed E-state index contributed by atoms with van der Waals surface area (Å²) in [7, 11) is 0. The molecular formula is C13H16Cl2N2O. The zero-order valence-electron chi connectivity index (χ0n) is 10.5. The van der Waals surface area contributed by atoms with E-state index in [1.807, 2.05) is 19.9 Å². The van der Waals surface area contributed by atoms with Gasteiger partial charge in [-0.15, -0.1) is 0 Å². The second-order valence-corrected chi connectivity index (χ2v) is 5.20. The minimum atomic E-state index is -0.123. The molecule has 0 aliphatic carbocycles. The Bertz CT molecular complexity index is 476. The van der Waals surface area contributed by atoms with E-state index in [2.05, 4.69) is 5.32 Å². The van der Waals surface area contributed by atoms with Gasteiger partial charge in [0.05, 0.1) is 21.8 Å². The summed E-state index contributed by atoms with van der Waals surface area (Å²) in [5.41, 5.74) is 1.57. The van der Waals surface area contributed by atoms with Crippen molar-refractivity contribution in [1.82, 2.24) is 5.32 Å². The molecule has 1 amide bonds. The Hall–Kier alpha value is -0.770. The molecule has 0 radical (unpaired) electrons. The predicted molar refractivity (Wildman–Crippen MR) is 75.6 cm³/mol. The molecule has 1 atom stereocenters. The molecular weight excluding hydrogens is 271 g/mol. The fourth-order valence-corrected chi connectivity index (χ4v) is 2.80. The number of benzene rings is 1. The van der Waals surface area contributed by atoms with E-state index in [1.54, 1.807) is 11.0 Å². The van der Waals surface area contributed by atoms with E-state index in [9.17, 15) is 4.79 Å². The molecule has 1 aromatic rings. The van der Waals surface area contributed by atoms with Crippen LogP contribution in [0.2, 0.25) is 10.0 Å². The maximum Gasteiger partial charge on any atom is 0.244 e. The molecule has 0 spiro atoms. The number of halogens is 2. The van der Waals surface area contributed by atoms with Gasteiger partial charge < -0.3 is 10.2 Å². The van der Waals surface area contributed by atoms with Crippen LogP contribution >= 0.6 is 23.2 Å². The summed E-state index contributed by atoms with van der Waals surface area (Å²) in [4.78, 5) is 13.9. The number of carbonyl (C=O) groups excluding carboxylic acids is 1. The highest BCUT2D eigenvalue weighted by molar-refractivity contribution is 6.40. The lowest BCUT2D eigenvalue weighted by Crippen LogP contribution is -2.38. The number of likely N-dealkylation sites (N-methyl/N-ethyl adjacent to an activating group) is 1. The number of rotatable bonds is 3. The normalized spacial score (nSPS) is 19.7. The standard InChI is InChI=1S/C13H16Cl2N2O/c1-3-16-10-6-7-17(13(10)18)12-9(14)5-4-8(2)11(12)15/h4-5,10,16H,3,6-7H2,1-2H3. The molecule has 0 aromatic heterocycles. The molecule has 1 aromatic carbocycles. The lowest BCUT2D eigenvalue weighted by atomic mass is 10.2. The van der Waals surface area contributed by atoms with Gasteiger partial charge in [-0.05, 0) is 31.5 Å². The summed E-state index contributed by atoms with van der Waals surface area (Å²) in [6.07, 6.45) is 0.785. The van der Waals surface area contributed by atoms with E-state index in [1.165, 1.54) is 0 Å². The van der Waals surface area contributed by atoms with Crippen molar-refractivity contribution in [3.63, 3.8) is 0 Å². The highest BCUT2D eigenvalue weighted by Crippen LogP contribution is 2.38. The lowest BCUT2D eigenvalue weighted by Gasteiger charge is -2.20. The molecule has 1 heterocycles. The van der Waals surface area contributed by atoms with Crippen LogP contribution in [0, 0.1) is 6.92 Å². The van der Waals surface area contributed by atoms with Gasteiger partial charge in [0.15, 0.2) is 0 Å². The Kier molecular flexibility index (Phi) is 4.15. The van der Waals surface area contributed by atoms with Crippen molar-refractivity contribution in [2.45, 2.75) is 26.3 Å². The number of anilines is 1. The molecule has 1 aliphatic heterocycles. The average molecular weight is 287 g/mol. The number of carbonyl (C=O) groups is 1. The monoisotopic (exact) mass is 286 g/mol. The minimum absolute atomic E-state index is 0.0475. The molecule has 2 rings (SSSR count).